The van der Waals surface area contributed by atoms with Crippen molar-refractivity contribution in [2.45, 2.75) is 19.5 Å². The Kier molecular flexibility index (Phi) is 4.59. The van der Waals surface area contributed by atoms with Gasteiger partial charge in [-0.2, -0.15) is 0 Å². The molecule has 1 aromatic heterocycles. The fourth-order valence-electron chi connectivity index (χ4n) is 1.88. The molecule has 1 unspecified atom stereocenters. The molecule has 0 aliphatic rings. The molecule has 3 N–H and O–H groups in total. The Morgan fingerprint density at radius 3 is 2.86 bits per heavy atom. The van der Waals surface area contributed by atoms with Gasteiger partial charge in [-0.1, -0.05) is 0 Å². The van der Waals surface area contributed by atoms with Crippen LogP contribution < -0.4 is 11.1 Å². The third kappa shape index (κ3) is 3.82. The third-order valence-corrected chi connectivity index (χ3v) is 3.32. The summed E-state index contributed by atoms with van der Waals surface area (Å²) in [7, 11) is 1.84. The van der Waals surface area contributed by atoms with Crippen molar-refractivity contribution in [1.29, 1.82) is 0 Å². The molecular formula is C15H18FN3O2. The lowest BCUT2D eigenvalue weighted by atomic mass is 10.2. The standard InChI is InChI=1S/C15H18FN3O2/c1-10(19(2)8-11-5-6-21-9-11)15(20)18-12-3-4-13(16)14(17)7-12/h3-7,9-10H,8,17H2,1-2H3,(H,18,20). The van der Waals surface area contributed by atoms with Crippen LogP contribution in [-0.4, -0.2) is 23.9 Å². The van der Waals surface area contributed by atoms with E-state index in [4.69, 9.17) is 10.2 Å². The Balaban J connectivity index is 1.96. The zero-order chi connectivity index (χ0) is 15.4. The lowest BCUT2D eigenvalue weighted by Gasteiger charge is -2.23. The number of anilines is 2. The topological polar surface area (TPSA) is 71.5 Å². The van der Waals surface area contributed by atoms with Gasteiger partial charge in [0.15, 0.2) is 0 Å². The summed E-state index contributed by atoms with van der Waals surface area (Å²) in [5.41, 5.74) is 6.95. The number of hydrogen-bond donors (Lipinski definition) is 2. The summed E-state index contributed by atoms with van der Waals surface area (Å²) in [5, 5.41) is 2.72. The monoisotopic (exact) mass is 291 g/mol. The number of benzene rings is 1. The van der Waals surface area contributed by atoms with E-state index >= 15 is 0 Å². The van der Waals surface area contributed by atoms with E-state index in [0.717, 1.165) is 5.56 Å². The largest absolute Gasteiger partial charge is 0.472 e. The number of carbonyl (C=O) groups excluding carboxylic acids is 1. The van der Waals surface area contributed by atoms with E-state index in [1.165, 1.54) is 18.2 Å². The van der Waals surface area contributed by atoms with E-state index < -0.39 is 5.82 Å². The molecule has 0 aliphatic heterocycles. The zero-order valence-electron chi connectivity index (χ0n) is 12.0. The highest BCUT2D eigenvalue weighted by atomic mass is 19.1. The maximum Gasteiger partial charge on any atom is 0.241 e. The molecule has 0 spiro atoms. The van der Waals surface area contributed by atoms with Crippen LogP contribution in [-0.2, 0) is 11.3 Å². The summed E-state index contributed by atoms with van der Waals surface area (Å²) in [5.74, 6) is -0.690. The van der Waals surface area contributed by atoms with E-state index in [2.05, 4.69) is 5.32 Å². The number of nitrogens with zero attached hydrogens (tertiary/aromatic N) is 1. The van der Waals surface area contributed by atoms with Crippen LogP contribution in [0, 0.1) is 5.82 Å². The SMILES string of the molecule is CC(C(=O)Nc1ccc(F)c(N)c1)N(C)Cc1ccoc1. The molecule has 0 radical (unpaired) electrons. The Morgan fingerprint density at radius 1 is 1.48 bits per heavy atom. The summed E-state index contributed by atoms with van der Waals surface area (Å²) >= 11 is 0. The summed E-state index contributed by atoms with van der Waals surface area (Å²) in [6.45, 7) is 2.39. The van der Waals surface area contributed by atoms with Crippen LogP contribution in [0.4, 0.5) is 15.8 Å². The average molecular weight is 291 g/mol. The second-order valence-electron chi connectivity index (χ2n) is 4.95. The number of carbonyl (C=O) groups is 1. The fraction of sp³-hybridized carbons (Fsp3) is 0.267. The first-order valence-electron chi connectivity index (χ1n) is 6.54. The number of nitrogens with one attached hydrogen (secondary N) is 1. The van der Waals surface area contributed by atoms with Crippen molar-refractivity contribution in [3.8, 4) is 0 Å². The lowest BCUT2D eigenvalue weighted by molar-refractivity contribution is -0.120. The van der Waals surface area contributed by atoms with Crippen molar-refractivity contribution in [1.82, 2.24) is 4.90 Å². The van der Waals surface area contributed by atoms with Gasteiger partial charge in [-0.3, -0.25) is 9.69 Å². The quantitative estimate of drug-likeness (QED) is 0.830. The molecule has 1 amide bonds. The van der Waals surface area contributed by atoms with Crippen LogP contribution in [0.25, 0.3) is 0 Å². The first-order chi connectivity index (χ1) is 9.97. The molecule has 1 heterocycles. The second kappa shape index (κ2) is 6.41. The predicted molar refractivity (Wildman–Crippen MR) is 79.1 cm³/mol. The number of amides is 1. The molecule has 6 heteroatoms. The maximum absolute atomic E-state index is 13.1. The number of likely N-dealkylation sites (N-methyl/N-ethyl adjacent to an activating group) is 1. The van der Waals surface area contributed by atoms with Crippen LogP contribution in [0.1, 0.15) is 12.5 Å². The van der Waals surface area contributed by atoms with E-state index in [0.29, 0.717) is 12.2 Å². The number of hydrogen-bond acceptors (Lipinski definition) is 4. The third-order valence-electron chi connectivity index (χ3n) is 3.32. The van der Waals surface area contributed by atoms with Crippen LogP contribution in [0.3, 0.4) is 0 Å². The molecule has 5 nitrogen and oxygen atoms in total. The van der Waals surface area contributed by atoms with E-state index in [1.807, 2.05) is 18.0 Å². The second-order valence-corrected chi connectivity index (χ2v) is 4.95. The molecule has 0 saturated carbocycles. The molecule has 112 valence electrons. The first kappa shape index (κ1) is 15.1. The van der Waals surface area contributed by atoms with Gasteiger partial charge < -0.3 is 15.5 Å². The first-order valence-corrected chi connectivity index (χ1v) is 6.54. The highest BCUT2D eigenvalue weighted by molar-refractivity contribution is 5.94. The van der Waals surface area contributed by atoms with Crippen LogP contribution in [0.5, 0.6) is 0 Å². The molecule has 0 bridgehead atoms. The summed E-state index contributed by atoms with van der Waals surface area (Å²) < 4.78 is 18.1. The Morgan fingerprint density at radius 2 is 2.24 bits per heavy atom. The Labute approximate surface area is 122 Å². The maximum atomic E-state index is 13.1. The van der Waals surface area contributed by atoms with Crippen LogP contribution >= 0.6 is 0 Å². The van der Waals surface area contributed by atoms with Crippen molar-refractivity contribution in [3.63, 3.8) is 0 Å². The molecule has 1 aromatic carbocycles. The summed E-state index contributed by atoms with van der Waals surface area (Å²) in [4.78, 5) is 14.0. The minimum Gasteiger partial charge on any atom is -0.472 e. The lowest BCUT2D eigenvalue weighted by Crippen LogP contribution is -2.39. The van der Waals surface area contributed by atoms with Crippen molar-refractivity contribution in [3.05, 3.63) is 48.2 Å². The molecule has 1 atom stereocenters. The highest BCUT2D eigenvalue weighted by Crippen LogP contribution is 2.17. The number of nitrogens with two attached hydrogens (primary N) is 1. The minimum atomic E-state index is -0.502. The Hall–Kier alpha value is -2.34. The molecule has 0 aliphatic carbocycles. The molecular weight excluding hydrogens is 273 g/mol. The number of furan rings is 1. The summed E-state index contributed by atoms with van der Waals surface area (Å²) in [6.07, 6.45) is 3.23. The van der Waals surface area contributed by atoms with Crippen molar-refractivity contribution in [2.24, 2.45) is 0 Å². The van der Waals surface area contributed by atoms with Gasteiger partial charge in [-0.25, -0.2) is 4.39 Å². The molecule has 2 aromatic rings. The van der Waals surface area contributed by atoms with Crippen LogP contribution in [0.2, 0.25) is 0 Å². The van der Waals surface area contributed by atoms with E-state index in [-0.39, 0.29) is 17.6 Å². The van der Waals surface area contributed by atoms with Gasteiger partial charge in [-0.15, -0.1) is 0 Å². The Bertz CT molecular complexity index is 613. The van der Waals surface area contributed by atoms with Gasteiger partial charge >= 0.3 is 0 Å². The van der Waals surface area contributed by atoms with Gasteiger partial charge in [0.2, 0.25) is 5.91 Å². The number of halogens is 1. The van der Waals surface area contributed by atoms with Crippen molar-refractivity contribution < 1.29 is 13.6 Å². The van der Waals surface area contributed by atoms with Gasteiger partial charge in [-0.05, 0) is 38.2 Å². The van der Waals surface area contributed by atoms with Crippen molar-refractivity contribution >= 4 is 17.3 Å². The molecule has 0 fully saturated rings. The van der Waals surface area contributed by atoms with Gasteiger partial charge in [0.25, 0.3) is 0 Å². The van der Waals surface area contributed by atoms with Crippen LogP contribution in [0.15, 0.2) is 41.2 Å². The van der Waals surface area contributed by atoms with Gasteiger partial charge in [0.1, 0.15) is 5.82 Å². The number of nitrogen functional groups attached to an aromatic ring is 1. The van der Waals surface area contributed by atoms with Gasteiger partial charge in [0, 0.05) is 17.8 Å². The van der Waals surface area contributed by atoms with Gasteiger partial charge in [0.05, 0.1) is 24.3 Å². The summed E-state index contributed by atoms with van der Waals surface area (Å²) in [6, 6.07) is 5.60. The smallest absolute Gasteiger partial charge is 0.241 e. The predicted octanol–water partition coefficient (Wildman–Crippen LogP) is 2.46. The average Bonchev–Trinajstić information content (AvgIpc) is 2.94. The normalized spacial score (nSPS) is 12.4. The number of rotatable bonds is 5. The zero-order valence-corrected chi connectivity index (χ0v) is 12.0. The van der Waals surface area contributed by atoms with E-state index in [1.54, 1.807) is 19.5 Å². The molecule has 21 heavy (non-hydrogen) atoms. The van der Waals surface area contributed by atoms with E-state index in [9.17, 15) is 9.18 Å². The minimum absolute atomic E-state index is 0.00667. The highest BCUT2D eigenvalue weighted by Gasteiger charge is 2.18. The fourth-order valence-corrected chi connectivity index (χ4v) is 1.88. The van der Waals surface area contributed by atoms with Crippen molar-refractivity contribution in [2.75, 3.05) is 18.1 Å². The molecule has 0 saturated heterocycles. The molecule has 2 rings (SSSR count).